The molecule has 0 radical (unpaired) electrons. The monoisotopic (exact) mass is 538 g/mol. The van der Waals surface area contributed by atoms with Crippen LogP contribution < -0.4 is 0 Å². The molecule has 3 fully saturated rings. The summed E-state index contributed by atoms with van der Waals surface area (Å²) in [4.78, 5) is 7.94. The Hall–Kier alpha value is -0.160. The van der Waals surface area contributed by atoms with E-state index in [1.54, 1.807) is 0 Å². The molecule has 6 atom stereocenters. The second kappa shape index (κ2) is 16.9. The first-order chi connectivity index (χ1) is 17.6. The van der Waals surface area contributed by atoms with Gasteiger partial charge in [0.2, 0.25) is 0 Å². The summed E-state index contributed by atoms with van der Waals surface area (Å²) < 4.78 is 5.72. The standard InChI is InChI=1S/C12H25NO.2C11H23N/c1-6-14-11-7-12(9(2)3)13(8-11)10(4)5;1-8(2)11-6-10(5)7-12(11)9(3)4;1-8(2)11-7-6-10(5)12(11)9(3)4/h9-12H,6-8H2,1-5H3;2*8-11H,6-7H2,1-5H3/t11?,12-;2*10?,11-/m000/s1. The van der Waals surface area contributed by atoms with E-state index in [-0.39, 0.29) is 0 Å². The average Bonchev–Trinajstić information content (AvgIpc) is 3.51. The maximum atomic E-state index is 5.72. The van der Waals surface area contributed by atoms with Crippen molar-refractivity contribution in [3.8, 4) is 0 Å². The Morgan fingerprint density at radius 2 is 1.08 bits per heavy atom. The maximum absolute atomic E-state index is 5.72. The van der Waals surface area contributed by atoms with E-state index in [4.69, 9.17) is 4.74 Å². The molecule has 0 amide bonds. The maximum Gasteiger partial charge on any atom is 0.0717 e. The molecule has 3 heterocycles. The lowest BCUT2D eigenvalue weighted by molar-refractivity contribution is 0.0659. The molecule has 0 bridgehead atoms. The molecule has 3 saturated heterocycles. The summed E-state index contributed by atoms with van der Waals surface area (Å²) in [6.07, 6.45) is 5.87. The molecule has 0 saturated carbocycles. The van der Waals surface area contributed by atoms with E-state index in [2.05, 4.69) is 119 Å². The van der Waals surface area contributed by atoms with Gasteiger partial charge in [-0.05, 0) is 105 Å². The molecule has 38 heavy (non-hydrogen) atoms. The molecule has 3 unspecified atom stereocenters. The number of rotatable bonds is 8. The van der Waals surface area contributed by atoms with Gasteiger partial charge in [-0.2, -0.15) is 0 Å². The molecular weight excluding hydrogens is 466 g/mol. The van der Waals surface area contributed by atoms with Gasteiger partial charge in [0.05, 0.1) is 6.10 Å². The number of hydrogen-bond acceptors (Lipinski definition) is 4. The summed E-state index contributed by atoms with van der Waals surface area (Å²) in [5.41, 5.74) is 0. The van der Waals surface area contributed by atoms with E-state index in [1.165, 1.54) is 32.2 Å². The molecule has 3 aliphatic rings. The fourth-order valence-electron chi connectivity index (χ4n) is 7.43. The highest BCUT2D eigenvalue weighted by Crippen LogP contribution is 2.31. The van der Waals surface area contributed by atoms with Gasteiger partial charge < -0.3 is 4.74 Å². The lowest BCUT2D eigenvalue weighted by Crippen LogP contribution is -2.42. The van der Waals surface area contributed by atoms with Crippen molar-refractivity contribution in [1.82, 2.24) is 14.7 Å². The summed E-state index contributed by atoms with van der Waals surface area (Å²) in [6, 6.07) is 5.27. The predicted octanol–water partition coefficient (Wildman–Crippen LogP) is 8.20. The van der Waals surface area contributed by atoms with Crippen LogP contribution in [0.5, 0.6) is 0 Å². The molecule has 4 heteroatoms. The van der Waals surface area contributed by atoms with Crippen molar-refractivity contribution in [1.29, 1.82) is 0 Å². The van der Waals surface area contributed by atoms with E-state index in [0.717, 1.165) is 67.0 Å². The third-order valence-electron chi connectivity index (χ3n) is 9.34. The third kappa shape index (κ3) is 10.7. The fourth-order valence-corrected chi connectivity index (χ4v) is 7.43. The largest absolute Gasteiger partial charge is 0.377 e. The second-order valence-electron chi connectivity index (χ2n) is 14.6. The summed E-state index contributed by atoms with van der Waals surface area (Å²) in [6.45, 7) is 37.9. The first kappa shape index (κ1) is 35.9. The Labute approximate surface area is 240 Å². The molecule has 0 aromatic heterocycles. The normalized spacial score (nSPS) is 31.2. The Kier molecular flexibility index (Phi) is 16.0. The highest BCUT2D eigenvalue weighted by atomic mass is 16.5. The third-order valence-corrected chi connectivity index (χ3v) is 9.34. The number of nitrogens with zero attached hydrogens (tertiary/aromatic N) is 3. The Bertz CT molecular complexity index is 577. The summed E-state index contributed by atoms with van der Waals surface area (Å²) in [5.74, 6) is 3.28. The molecule has 0 aliphatic carbocycles. The van der Waals surface area contributed by atoms with E-state index >= 15 is 0 Å². The minimum Gasteiger partial charge on any atom is -0.377 e. The topological polar surface area (TPSA) is 19.0 Å². The number of likely N-dealkylation sites (tertiary alicyclic amines) is 3. The molecule has 4 nitrogen and oxygen atoms in total. The van der Waals surface area contributed by atoms with Gasteiger partial charge in [0.15, 0.2) is 0 Å². The van der Waals surface area contributed by atoms with Gasteiger partial charge in [-0.15, -0.1) is 0 Å². The smallest absolute Gasteiger partial charge is 0.0717 e. The molecule has 228 valence electrons. The van der Waals surface area contributed by atoms with Gasteiger partial charge in [-0.25, -0.2) is 0 Å². The van der Waals surface area contributed by atoms with Gasteiger partial charge >= 0.3 is 0 Å². The van der Waals surface area contributed by atoms with E-state index in [9.17, 15) is 0 Å². The van der Waals surface area contributed by atoms with Crippen molar-refractivity contribution in [3.05, 3.63) is 0 Å². The van der Waals surface area contributed by atoms with Crippen molar-refractivity contribution in [3.63, 3.8) is 0 Å². The van der Waals surface area contributed by atoms with Crippen LogP contribution in [0, 0.1) is 23.7 Å². The van der Waals surface area contributed by atoms with Crippen molar-refractivity contribution in [2.24, 2.45) is 23.7 Å². The molecule has 3 aliphatic heterocycles. The van der Waals surface area contributed by atoms with Crippen LogP contribution in [-0.4, -0.2) is 82.8 Å². The lowest BCUT2D eigenvalue weighted by Gasteiger charge is -2.34. The summed E-state index contributed by atoms with van der Waals surface area (Å²) in [7, 11) is 0. The van der Waals surface area contributed by atoms with Gasteiger partial charge in [0, 0.05) is 62.0 Å². The highest BCUT2D eigenvalue weighted by Gasteiger charge is 2.36. The van der Waals surface area contributed by atoms with Gasteiger partial charge in [-0.3, -0.25) is 14.7 Å². The number of ether oxygens (including phenoxy) is 1. The zero-order valence-corrected chi connectivity index (χ0v) is 28.6. The zero-order valence-electron chi connectivity index (χ0n) is 28.6. The van der Waals surface area contributed by atoms with Crippen molar-refractivity contribution < 1.29 is 4.74 Å². The zero-order chi connectivity index (χ0) is 29.3. The second-order valence-corrected chi connectivity index (χ2v) is 14.6. The predicted molar refractivity (Wildman–Crippen MR) is 169 cm³/mol. The Balaban J connectivity index is 0.000000286. The van der Waals surface area contributed by atoms with Gasteiger partial charge in [-0.1, -0.05) is 48.5 Å². The molecular formula is C34H71N3O. The SMILES string of the molecule is CC(C)[C@@H]1CCC(C)N1C(C)C.CC1C[C@@H](C(C)C)N(C(C)C)C1.CCOC1C[C@@H](C(C)C)N(C(C)C)C1. The van der Waals surface area contributed by atoms with Crippen molar-refractivity contribution in [2.45, 2.75) is 178 Å². The van der Waals surface area contributed by atoms with E-state index in [0.29, 0.717) is 18.2 Å². The fraction of sp³-hybridized carbons (Fsp3) is 1.00. The Morgan fingerprint density at radius 3 is 1.42 bits per heavy atom. The number of hydrogen-bond donors (Lipinski definition) is 0. The van der Waals surface area contributed by atoms with Gasteiger partial charge in [0.25, 0.3) is 0 Å². The van der Waals surface area contributed by atoms with Gasteiger partial charge in [0.1, 0.15) is 0 Å². The van der Waals surface area contributed by atoms with Crippen molar-refractivity contribution in [2.75, 3.05) is 19.7 Å². The molecule has 3 rings (SSSR count). The first-order valence-corrected chi connectivity index (χ1v) is 16.5. The minimum atomic E-state index is 0.467. The molecule has 0 aromatic carbocycles. The minimum absolute atomic E-state index is 0.467. The van der Waals surface area contributed by atoms with Crippen LogP contribution >= 0.6 is 0 Å². The lowest BCUT2D eigenvalue weighted by atomic mass is 9.98. The van der Waals surface area contributed by atoms with Crippen LogP contribution in [0.3, 0.4) is 0 Å². The molecule has 0 aromatic rings. The van der Waals surface area contributed by atoms with Crippen LogP contribution in [0.4, 0.5) is 0 Å². The van der Waals surface area contributed by atoms with Crippen LogP contribution in [0.25, 0.3) is 0 Å². The molecule has 0 N–H and O–H groups in total. The quantitative estimate of drug-likeness (QED) is 0.310. The summed E-state index contributed by atoms with van der Waals surface area (Å²) in [5, 5.41) is 0. The first-order valence-electron chi connectivity index (χ1n) is 16.5. The van der Waals surface area contributed by atoms with Crippen LogP contribution in [0.2, 0.25) is 0 Å². The average molecular weight is 538 g/mol. The highest BCUT2D eigenvalue weighted by molar-refractivity contribution is 4.90. The van der Waals surface area contributed by atoms with Crippen LogP contribution in [-0.2, 0) is 4.74 Å². The van der Waals surface area contributed by atoms with Crippen LogP contribution in [0.15, 0.2) is 0 Å². The van der Waals surface area contributed by atoms with Crippen LogP contribution in [0.1, 0.15) is 130 Å². The molecule has 0 spiro atoms. The van der Waals surface area contributed by atoms with E-state index < -0.39 is 0 Å². The van der Waals surface area contributed by atoms with Crippen molar-refractivity contribution >= 4 is 0 Å². The van der Waals surface area contributed by atoms with E-state index in [1.807, 2.05) is 0 Å². The Morgan fingerprint density at radius 1 is 0.605 bits per heavy atom. The summed E-state index contributed by atoms with van der Waals surface area (Å²) >= 11 is 0.